The van der Waals surface area contributed by atoms with Gasteiger partial charge in [0.25, 0.3) is 5.91 Å². The molecule has 1 aromatic heterocycles. The van der Waals surface area contributed by atoms with Gasteiger partial charge in [0.1, 0.15) is 5.75 Å². The van der Waals surface area contributed by atoms with Gasteiger partial charge in [-0.3, -0.25) is 14.7 Å². The maximum atomic E-state index is 12.6. The van der Waals surface area contributed by atoms with Gasteiger partial charge in [0, 0.05) is 25.0 Å². The summed E-state index contributed by atoms with van der Waals surface area (Å²) >= 11 is 1.30. The van der Waals surface area contributed by atoms with E-state index in [9.17, 15) is 9.90 Å². The standard InChI is InChI=1S/C18H15N3O2S/c1-2-10-21-17(23)16(11-13-6-8-19-9-7-13)24-18(21)20-14-4-3-5-15(22)12-14/h2-9,11-12,22H,1,10H2/b16-11-,20-18?. The van der Waals surface area contributed by atoms with Crippen LogP contribution in [-0.2, 0) is 4.79 Å². The minimum atomic E-state index is -0.115. The summed E-state index contributed by atoms with van der Waals surface area (Å²) in [6, 6.07) is 10.3. The van der Waals surface area contributed by atoms with Gasteiger partial charge in [-0.05, 0) is 47.7 Å². The zero-order chi connectivity index (χ0) is 16.9. The maximum Gasteiger partial charge on any atom is 0.267 e. The van der Waals surface area contributed by atoms with E-state index in [4.69, 9.17) is 0 Å². The van der Waals surface area contributed by atoms with Crippen molar-refractivity contribution in [1.82, 2.24) is 9.88 Å². The average Bonchev–Trinajstić information content (AvgIpc) is 2.85. The van der Waals surface area contributed by atoms with Gasteiger partial charge >= 0.3 is 0 Å². The van der Waals surface area contributed by atoms with Crippen LogP contribution >= 0.6 is 11.8 Å². The zero-order valence-electron chi connectivity index (χ0n) is 12.8. The molecule has 6 heteroatoms. The van der Waals surface area contributed by atoms with Gasteiger partial charge in [0.15, 0.2) is 5.17 Å². The smallest absolute Gasteiger partial charge is 0.267 e. The van der Waals surface area contributed by atoms with Crippen molar-refractivity contribution in [2.24, 2.45) is 4.99 Å². The van der Waals surface area contributed by atoms with Gasteiger partial charge in [-0.2, -0.15) is 0 Å². The molecule has 5 nitrogen and oxygen atoms in total. The highest BCUT2D eigenvalue weighted by molar-refractivity contribution is 8.18. The van der Waals surface area contributed by atoms with Gasteiger partial charge in [0.2, 0.25) is 0 Å². The van der Waals surface area contributed by atoms with Crippen LogP contribution in [0.5, 0.6) is 5.75 Å². The molecule has 0 saturated carbocycles. The predicted octanol–water partition coefficient (Wildman–Crippen LogP) is 3.58. The van der Waals surface area contributed by atoms with Gasteiger partial charge < -0.3 is 5.11 Å². The highest BCUT2D eigenvalue weighted by Crippen LogP contribution is 2.34. The van der Waals surface area contributed by atoms with E-state index < -0.39 is 0 Å². The van der Waals surface area contributed by atoms with E-state index in [0.29, 0.717) is 22.3 Å². The molecule has 3 rings (SSSR count). The van der Waals surface area contributed by atoms with Gasteiger partial charge in [-0.25, -0.2) is 4.99 Å². The lowest BCUT2D eigenvalue weighted by Crippen LogP contribution is -2.29. The molecular weight excluding hydrogens is 322 g/mol. The Morgan fingerprint density at radius 1 is 1.29 bits per heavy atom. The molecule has 0 aliphatic carbocycles. The number of phenols is 1. The lowest BCUT2D eigenvalue weighted by Gasteiger charge is -2.12. The van der Waals surface area contributed by atoms with E-state index in [0.717, 1.165) is 5.56 Å². The summed E-state index contributed by atoms with van der Waals surface area (Å²) in [5.74, 6) is 0.0182. The lowest BCUT2D eigenvalue weighted by atomic mass is 10.2. The van der Waals surface area contributed by atoms with Gasteiger partial charge in [-0.1, -0.05) is 12.1 Å². The molecule has 1 aliphatic heterocycles. The maximum absolute atomic E-state index is 12.6. The van der Waals surface area contributed by atoms with Crippen LogP contribution < -0.4 is 0 Å². The van der Waals surface area contributed by atoms with E-state index in [1.807, 2.05) is 18.2 Å². The van der Waals surface area contributed by atoms with Crippen LogP contribution in [0.3, 0.4) is 0 Å². The van der Waals surface area contributed by atoms with Gasteiger partial charge in [-0.15, -0.1) is 6.58 Å². The molecule has 0 bridgehead atoms. The summed E-state index contributed by atoms with van der Waals surface area (Å²) < 4.78 is 0. The molecule has 2 heterocycles. The fourth-order valence-electron chi connectivity index (χ4n) is 2.17. The van der Waals surface area contributed by atoms with E-state index >= 15 is 0 Å². The lowest BCUT2D eigenvalue weighted by molar-refractivity contribution is -0.121. The van der Waals surface area contributed by atoms with Crippen molar-refractivity contribution in [2.45, 2.75) is 0 Å². The first-order chi connectivity index (χ1) is 11.7. The Bertz CT molecular complexity index is 831. The Balaban J connectivity index is 1.95. The number of aromatic hydroxyl groups is 1. The van der Waals surface area contributed by atoms with Crippen molar-refractivity contribution >= 4 is 34.6 Å². The van der Waals surface area contributed by atoms with Crippen LogP contribution in [-0.4, -0.2) is 32.6 Å². The number of hydrogen-bond acceptors (Lipinski definition) is 5. The molecule has 0 radical (unpaired) electrons. The number of amides is 1. The van der Waals surface area contributed by atoms with E-state index in [2.05, 4.69) is 16.6 Å². The van der Waals surface area contributed by atoms with Crippen molar-refractivity contribution in [3.63, 3.8) is 0 Å². The molecule has 0 unspecified atom stereocenters. The van der Waals surface area contributed by atoms with Crippen molar-refractivity contribution in [1.29, 1.82) is 0 Å². The largest absolute Gasteiger partial charge is 0.508 e. The second-order valence-corrected chi connectivity index (χ2v) is 6.02. The molecule has 1 N–H and O–H groups in total. The topological polar surface area (TPSA) is 65.8 Å². The number of hydrogen-bond donors (Lipinski definition) is 1. The average molecular weight is 337 g/mol. The molecule has 120 valence electrons. The third-order valence-electron chi connectivity index (χ3n) is 3.26. The number of carbonyl (C=O) groups is 1. The monoisotopic (exact) mass is 337 g/mol. The predicted molar refractivity (Wildman–Crippen MR) is 96.9 cm³/mol. The fourth-order valence-corrected chi connectivity index (χ4v) is 3.17. The summed E-state index contributed by atoms with van der Waals surface area (Å²) in [6.45, 7) is 4.07. The Kier molecular flexibility index (Phi) is 4.77. The number of aliphatic imine (C=N–C) groups is 1. The number of amidine groups is 1. The quantitative estimate of drug-likeness (QED) is 0.684. The minimum Gasteiger partial charge on any atom is -0.508 e. The summed E-state index contributed by atoms with van der Waals surface area (Å²) in [5.41, 5.74) is 1.49. The first kappa shape index (κ1) is 16.0. The second kappa shape index (κ2) is 7.14. The molecule has 1 saturated heterocycles. The summed E-state index contributed by atoms with van der Waals surface area (Å²) in [6.07, 6.45) is 6.83. The molecule has 1 aliphatic rings. The van der Waals surface area contributed by atoms with E-state index in [-0.39, 0.29) is 11.7 Å². The molecule has 1 aromatic carbocycles. The number of benzene rings is 1. The Labute approximate surface area is 144 Å². The first-order valence-corrected chi connectivity index (χ1v) is 8.09. The van der Waals surface area contributed by atoms with Crippen molar-refractivity contribution < 1.29 is 9.90 Å². The third-order valence-corrected chi connectivity index (χ3v) is 4.26. The number of nitrogens with zero attached hydrogens (tertiary/aromatic N) is 3. The molecule has 24 heavy (non-hydrogen) atoms. The van der Waals surface area contributed by atoms with Crippen LogP contribution in [0.2, 0.25) is 0 Å². The number of aromatic nitrogens is 1. The second-order valence-electron chi connectivity index (χ2n) is 5.01. The normalized spacial score (nSPS) is 17.7. The Morgan fingerprint density at radius 2 is 2.08 bits per heavy atom. The molecular formula is C18H15N3O2S. The summed E-state index contributed by atoms with van der Waals surface area (Å²) in [4.78, 5) is 23.2. The highest BCUT2D eigenvalue weighted by Gasteiger charge is 2.32. The van der Waals surface area contributed by atoms with Crippen molar-refractivity contribution in [3.05, 3.63) is 71.9 Å². The molecule has 2 aromatic rings. The summed E-state index contributed by atoms with van der Waals surface area (Å²) in [7, 11) is 0. The SMILES string of the molecule is C=CCN1C(=O)/C(=C/c2ccncc2)SC1=Nc1cccc(O)c1. The number of thioether (sulfide) groups is 1. The Hall–Kier alpha value is -2.86. The first-order valence-electron chi connectivity index (χ1n) is 7.27. The number of rotatable bonds is 4. The van der Waals surface area contributed by atoms with Crippen LogP contribution in [0.25, 0.3) is 6.08 Å². The van der Waals surface area contributed by atoms with Crippen LogP contribution in [0.4, 0.5) is 5.69 Å². The van der Waals surface area contributed by atoms with Crippen LogP contribution in [0.1, 0.15) is 5.56 Å². The molecule has 1 fully saturated rings. The van der Waals surface area contributed by atoms with E-state index in [1.54, 1.807) is 47.6 Å². The molecule has 0 spiro atoms. The van der Waals surface area contributed by atoms with Crippen molar-refractivity contribution in [3.8, 4) is 5.75 Å². The van der Waals surface area contributed by atoms with Crippen LogP contribution in [0.15, 0.2) is 71.3 Å². The Morgan fingerprint density at radius 3 is 2.79 bits per heavy atom. The molecule has 1 amide bonds. The summed E-state index contributed by atoms with van der Waals surface area (Å²) in [5, 5.41) is 10.1. The third kappa shape index (κ3) is 3.55. The number of phenolic OH excluding ortho intramolecular Hbond substituents is 1. The minimum absolute atomic E-state index is 0.115. The zero-order valence-corrected chi connectivity index (χ0v) is 13.6. The van der Waals surface area contributed by atoms with Crippen LogP contribution in [0, 0.1) is 0 Å². The fraction of sp³-hybridized carbons (Fsp3) is 0.0556. The number of carbonyl (C=O) groups excluding carboxylic acids is 1. The highest BCUT2D eigenvalue weighted by atomic mass is 32.2. The number of pyridine rings is 1. The van der Waals surface area contributed by atoms with Gasteiger partial charge in [0.05, 0.1) is 10.6 Å². The molecule has 0 atom stereocenters. The van der Waals surface area contributed by atoms with E-state index in [1.165, 1.54) is 11.8 Å². The van der Waals surface area contributed by atoms with Crippen molar-refractivity contribution in [2.75, 3.05) is 6.54 Å².